The maximum absolute atomic E-state index is 14.8. The first-order valence-electron chi connectivity index (χ1n) is 20.5. The van der Waals surface area contributed by atoms with Crippen molar-refractivity contribution in [1.82, 2.24) is 30.2 Å². The van der Waals surface area contributed by atoms with Crippen LogP contribution in [0.15, 0.2) is 30.4 Å². The minimum Gasteiger partial charge on any atom is -0.494 e. The molecule has 63 heavy (non-hydrogen) atoms. The van der Waals surface area contributed by atoms with Crippen LogP contribution in [0.3, 0.4) is 0 Å². The average molecular weight is 921 g/mol. The summed E-state index contributed by atoms with van der Waals surface area (Å²) < 4.78 is 128. The number of aromatic nitrogens is 2. The van der Waals surface area contributed by atoms with Crippen molar-refractivity contribution in [2.75, 3.05) is 19.8 Å². The number of ether oxygens (including phenoxy) is 3. The van der Waals surface area contributed by atoms with E-state index in [0.29, 0.717) is 26.7 Å². The molecule has 0 spiro atoms. The Kier molecular flexibility index (Phi) is 13.0. The molecule has 1 aromatic carbocycles. The lowest BCUT2D eigenvalue weighted by Gasteiger charge is -2.34. The molecule has 3 fully saturated rings. The van der Waals surface area contributed by atoms with Crippen molar-refractivity contribution in [2.24, 2.45) is 17.8 Å². The molecule has 3 heterocycles. The van der Waals surface area contributed by atoms with Crippen molar-refractivity contribution in [3.05, 3.63) is 36.0 Å². The first-order chi connectivity index (χ1) is 29.2. The van der Waals surface area contributed by atoms with Gasteiger partial charge in [0.2, 0.25) is 39.0 Å². The molecule has 7 atom stereocenters. The number of nitrogens with zero attached hydrogens (tertiary/aromatic N) is 3. The Hall–Kier alpha value is -4.93. The maximum atomic E-state index is 14.8. The first-order valence-corrected chi connectivity index (χ1v) is 21.9. The number of sulfonamides is 1. The molecule has 2 aromatic rings. The Labute approximate surface area is 358 Å². The first kappa shape index (κ1) is 47.5. The molecule has 23 heteroatoms. The summed E-state index contributed by atoms with van der Waals surface area (Å²) in [5, 5.41) is 15.4. The molecule has 348 valence electrons. The van der Waals surface area contributed by atoms with Gasteiger partial charge in [0.1, 0.15) is 29.5 Å². The van der Waals surface area contributed by atoms with Crippen LogP contribution in [0, 0.1) is 17.8 Å². The van der Waals surface area contributed by atoms with Crippen molar-refractivity contribution < 1.29 is 73.3 Å². The van der Waals surface area contributed by atoms with Gasteiger partial charge in [-0.3, -0.25) is 19.1 Å². The van der Waals surface area contributed by atoms with Crippen LogP contribution in [0.4, 0.5) is 31.1 Å². The van der Waals surface area contributed by atoms with Crippen LogP contribution in [0.2, 0.25) is 0 Å². The number of hydrogen-bond acceptors (Lipinski definition) is 12. The third-order valence-electron chi connectivity index (χ3n) is 12.1. The summed E-state index contributed by atoms with van der Waals surface area (Å²) in [6.45, 7) is 4.78. The highest BCUT2D eigenvalue weighted by atomic mass is 32.2. The number of carbonyl (C=O) groups excluding carboxylic acids is 4. The number of hydrogen-bond donors (Lipinski definition) is 4. The molecule has 4 aliphatic rings. The van der Waals surface area contributed by atoms with Crippen LogP contribution >= 0.6 is 0 Å². The van der Waals surface area contributed by atoms with Crippen LogP contribution in [0.25, 0.3) is 11.0 Å². The molecule has 2 aliphatic heterocycles. The Morgan fingerprint density at radius 1 is 1.06 bits per heavy atom. The fraction of sp³-hybridized carbons (Fsp3) is 0.650. The van der Waals surface area contributed by atoms with Gasteiger partial charge in [-0.2, -0.15) is 26.3 Å². The summed E-state index contributed by atoms with van der Waals surface area (Å²) >= 11 is 0. The van der Waals surface area contributed by atoms with E-state index < -0.39 is 123 Å². The number of amides is 4. The number of benzene rings is 1. The number of halogens is 6. The van der Waals surface area contributed by atoms with E-state index in [1.807, 2.05) is 0 Å². The van der Waals surface area contributed by atoms with E-state index in [1.54, 1.807) is 26.0 Å². The molecule has 1 unspecified atom stereocenters. The van der Waals surface area contributed by atoms with Crippen molar-refractivity contribution in [1.29, 1.82) is 0 Å². The zero-order valence-corrected chi connectivity index (χ0v) is 35.9. The number of allylic oxidation sites excluding steroid dienone is 1. The summed E-state index contributed by atoms with van der Waals surface area (Å²) in [6.07, 6.45) is -9.27. The number of aliphatic hydroxyl groups is 1. The molecule has 1 saturated heterocycles. The van der Waals surface area contributed by atoms with Gasteiger partial charge < -0.3 is 34.9 Å². The fourth-order valence-electron chi connectivity index (χ4n) is 7.74. The van der Waals surface area contributed by atoms with Gasteiger partial charge in [0.25, 0.3) is 5.91 Å². The molecule has 2 saturated carbocycles. The lowest BCUT2D eigenvalue weighted by Crippen LogP contribution is -2.60. The van der Waals surface area contributed by atoms with Crippen molar-refractivity contribution >= 4 is 44.9 Å². The minimum atomic E-state index is -5.12. The van der Waals surface area contributed by atoms with E-state index in [4.69, 9.17) is 14.2 Å². The largest absolute Gasteiger partial charge is 0.494 e. The van der Waals surface area contributed by atoms with E-state index >= 15 is 0 Å². The second-order valence-corrected chi connectivity index (χ2v) is 19.6. The van der Waals surface area contributed by atoms with Gasteiger partial charge in [0.05, 0.1) is 28.9 Å². The lowest BCUT2D eigenvalue weighted by atomic mass is 9.87. The molecule has 16 nitrogen and oxygen atoms in total. The Balaban J connectivity index is 1.40. The predicted octanol–water partition coefficient (Wildman–Crippen LogP) is 4.69. The van der Waals surface area contributed by atoms with Gasteiger partial charge in [0, 0.05) is 30.9 Å². The normalized spacial score (nSPS) is 28.3. The Bertz CT molecular complexity index is 2250. The lowest BCUT2D eigenvalue weighted by molar-refractivity contribution is -0.244. The number of carbonyl (C=O) groups is 4. The summed E-state index contributed by atoms with van der Waals surface area (Å²) in [7, 11) is -4.21. The van der Waals surface area contributed by atoms with Crippen LogP contribution in [0.5, 0.6) is 11.6 Å². The van der Waals surface area contributed by atoms with Gasteiger partial charge in [0.15, 0.2) is 0 Å². The number of aliphatic hydroxyl groups excluding tert-OH is 1. The second kappa shape index (κ2) is 17.2. The quantitative estimate of drug-likeness (QED) is 0.189. The number of alkyl carbamates (subject to hydrolysis) is 1. The van der Waals surface area contributed by atoms with Gasteiger partial charge in [-0.25, -0.2) is 23.2 Å². The molecule has 0 bridgehead atoms. The van der Waals surface area contributed by atoms with Crippen LogP contribution in [-0.4, -0.2) is 112 Å². The maximum Gasteiger partial charge on any atom is 0.438 e. The smallest absolute Gasteiger partial charge is 0.438 e. The van der Waals surface area contributed by atoms with Crippen LogP contribution < -0.4 is 24.8 Å². The number of nitrogens with one attached hydrogen (secondary N) is 3. The molecule has 2 aliphatic carbocycles. The highest BCUT2D eigenvalue weighted by molar-refractivity contribution is 7.91. The predicted molar refractivity (Wildman–Crippen MR) is 210 cm³/mol. The van der Waals surface area contributed by atoms with Gasteiger partial charge in [-0.05, 0) is 84.3 Å². The third-order valence-corrected chi connectivity index (χ3v) is 14.2. The molecular weight excluding hydrogens is 871 g/mol. The molecule has 4 N–H and O–H groups in total. The van der Waals surface area contributed by atoms with E-state index in [1.165, 1.54) is 25.1 Å². The summed E-state index contributed by atoms with van der Waals surface area (Å²) in [4.78, 5) is 65.0. The number of alkyl halides is 6. The SMILES string of the molecule is CCOc1ccc2nc(C(F)(F)F)c(O[C@@H]3C[C@H]4C(=O)N[C@]5(C(=O)NS(=O)(=O)C6(C)CC6)CC5/C=C\CC[C@H](C)C[C@@H](CO)[C@H](NC(=O)OC(C)(C)C(F)(F)F)C(=O)N4C3)nc2c1. The topological polar surface area (TPSA) is 215 Å². The van der Waals surface area contributed by atoms with E-state index in [9.17, 15) is 59.0 Å². The van der Waals surface area contributed by atoms with E-state index in [2.05, 4.69) is 25.3 Å². The molecule has 1 aromatic heterocycles. The Morgan fingerprint density at radius 3 is 2.38 bits per heavy atom. The van der Waals surface area contributed by atoms with Crippen molar-refractivity contribution in [3.63, 3.8) is 0 Å². The monoisotopic (exact) mass is 920 g/mol. The standard InChI is InChI=1S/C40H50F6N6O10S/c1-6-60-24-11-12-26-27(16-24)48-32(30(47-26)39(41,42)43)61-25-17-28-31(54)50-38(34(56)51-63(58,59)37(5)13-14-37)18-23(38)10-8-7-9-21(2)15-22(20-53)29(33(55)52(28)19-25)49-35(57)62-36(3,4)40(44,45)46/h8,10-12,16,21-23,25,28-29,53H,6-7,9,13-15,17-20H2,1-5H3,(H,49,57)(H,50,54)(H,51,56)/b10-8-/t21-,22-,23?,25+,28-,29-,38+/m0/s1. The highest BCUT2D eigenvalue weighted by Crippen LogP contribution is 2.48. The van der Waals surface area contributed by atoms with E-state index in [-0.39, 0.29) is 55.0 Å². The highest BCUT2D eigenvalue weighted by Gasteiger charge is 2.63. The zero-order chi connectivity index (χ0) is 46.5. The summed E-state index contributed by atoms with van der Waals surface area (Å²) in [5.41, 5.74) is -6.68. The molecule has 4 amide bonds. The summed E-state index contributed by atoms with van der Waals surface area (Å²) in [6, 6.07) is 0.400. The van der Waals surface area contributed by atoms with Gasteiger partial charge in [-0.1, -0.05) is 19.1 Å². The molecule has 6 rings (SSSR count). The van der Waals surface area contributed by atoms with Crippen molar-refractivity contribution in [3.8, 4) is 11.6 Å². The van der Waals surface area contributed by atoms with Crippen LogP contribution in [0.1, 0.15) is 85.3 Å². The summed E-state index contributed by atoms with van der Waals surface area (Å²) in [5.74, 6) is -6.28. The molecule has 0 radical (unpaired) electrons. The third kappa shape index (κ3) is 10.1. The average Bonchev–Trinajstić information content (AvgIpc) is 4.06. The van der Waals surface area contributed by atoms with Gasteiger partial charge >= 0.3 is 18.4 Å². The van der Waals surface area contributed by atoms with E-state index in [0.717, 1.165) is 4.90 Å². The second-order valence-electron chi connectivity index (χ2n) is 17.4. The number of rotatable bonds is 10. The zero-order valence-electron chi connectivity index (χ0n) is 35.1. The van der Waals surface area contributed by atoms with Crippen LogP contribution in [-0.2, 0) is 35.3 Å². The minimum absolute atomic E-state index is 0.00603. The molecular formula is C40H50F6N6O10S. The Morgan fingerprint density at radius 2 is 1.76 bits per heavy atom. The fourth-order valence-corrected chi connectivity index (χ4v) is 9.05. The van der Waals surface area contributed by atoms with Crippen molar-refractivity contribution in [2.45, 2.75) is 126 Å². The van der Waals surface area contributed by atoms with Gasteiger partial charge in [-0.15, -0.1) is 0 Å². The number of fused-ring (bicyclic) bond motifs is 3.